The van der Waals surface area contributed by atoms with Gasteiger partial charge in [-0.05, 0) is 56.0 Å². The van der Waals surface area contributed by atoms with E-state index in [1.54, 1.807) is 35.2 Å². The topological polar surface area (TPSA) is 88.9 Å². The first-order valence-corrected chi connectivity index (χ1v) is 8.85. The van der Waals surface area contributed by atoms with Gasteiger partial charge in [0.05, 0.1) is 13.4 Å². The van der Waals surface area contributed by atoms with Crippen molar-refractivity contribution >= 4 is 23.5 Å². The molecule has 1 fully saturated rings. The van der Waals surface area contributed by atoms with E-state index in [0.29, 0.717) is 24.2 Å². The molecule has 0 aliphatic carbocycles. The third kappa shape index (κ3) is 4.02. The monoisotopic (exact) mass is 370 g/mol. The first kappa shape index (κ1) is 18.7. The Balaban J connectivity index is 1.82. The lowest BCUT2D eigenvalue weighted by Crippen LogP contribution is -2.48. The summed E-state index contributed by atoms with van der Waals surface area (Å²) in [6, 6.07) is 7.71. The highest BCUT2D eigenvalue weighted by molar-refractivity contribution is 6.04. The summed E-state index contributed by atoms with van der Waals surface area (Å²) in [5.74, 6) is -0.855. The van der Waals surface area contributed by atoms with Crippen LogP contribution in [0.25, 0.3) is 0 Å². The Morgan fingerprint density at radius 3 is 2.74 bits per heavy atom. The van der Waals surface area contributed by atoms with Crippen LogP contribution in [-0.2, 0) is 9.53 Å². The highest BCUT2D eigenvalue weighted by Gasteiger charge is 2.33. The summed E-state index contributed by atoms with van der Waals surface area (Å²) in [7, 11) is 1.33. The summed E-state index contributed by atoms with van der Waals surface area (Å²) in [4.78, 5) is 38.8. The van der Waals surface area contributed by atoms with Crippen molar-refractivity contribution in [2.45, 2.75) is 32.2 Å². The zero-order chi connectivity index (χ0) is 19.4. The molecule has 1 aliphatic rings. The lowest BCUT2D eigenvalue weighted by atomic mass is 10.00. The number of hydrogen-bond acceptors (Lipinski definition) is 5. The number of piperidine rings is 1. The van der Waals surface area contributed by atoms with E-state index in [-0.39, 0.29) is 11.7 Å². The zero-order valence-electron chi connectivity index (χ0n) is 15.4. The van der Waals surface area contributed by atoms with Gasteiger partial charge in [0.2, 0.25) is 0 Å². The van der Waals surface area contributed by atoms with Gasteiger partial charge in [-0.1, -0.05) is 6.07 Å². The summed E-state index contributed by atoms with van der Waals surface area (Å²) < 4.78 is 9.94. The van der Waals surface area contributed by atoms with Crippen LogP contribution in [-0.4, -0.2) is 42.4 Å². The van der Waals surface area contributed by atoms with E-state index < -0.39 is 17.9 Å². The van der Waals surface area contributed by atoms with E-state index in [1.165, 1.54) is 13.4 Å². The summed E-state index contributed by atoms with van der Waals surface area (Å²) in [5.41, 5.74) is 1.75. The van der Waals surface area contributed by atoms with Crippen LogP contribution in [0.2, 0.25) is 0 Å². The fourth-order valence-corrected chi connectivity index (χ4v) is 3.20. The van der Waals surface area contributed by atoms with Crippen LogP contribution < -0.4 is 5.32 Å². The first-order valence-electron chi connectivity index (χ1n) is 8.85. The number of benzene rings is 1. The fraction of sp³-hybridized carbons (Fsp3) is 0.350. The van der Waals surface area contributed by atoms with Crippen molar-refractivity contribution < 1.29 is 23.5 Å². The molecule has 2 aromatic rings. The van der Waals surface area contributed by atoms with E-state index in [1.807, 2.05) is 6.92 Å². The van der Waals surface area contributed by atoms with E-state index in [2.05, 4.69) is 5.32 Å². The number of nitrogens with zero attached hydrogens (tertiary/aromatic N) is 1. The van der Waals surface area contributed by atoms with E-state index in [0.717, 1.165) is 18.4 Å². The predicted molar refractivity (Wildman–Crippen MR) is 98.5 cm³/mol. The van der Waals surface area contributed by atoms with Crippen molar-refractivity contribution in [3.8, 4) is 0 Å². The molecule has 1 aromatic heterocycles. The maximum Gasteiger partial charge on any atom is 0.328 e. The summed E-state index contributed by atoms with van der Waals surface area (Å²) in [6.07, 6.45) is 3.73. The molecule has 1 unspecified atom stereocenters. The molecular formula is C20H22N2O5. The number of likely N-dealkylation sites (tertiary alicyclic amines) is 1. The van der Waals surface area contributed by atoms with Gasteiger partial charge in [-0.3, -0.25) is 9.59 Å². The molecule has 7 heteroatoms. The number of amides is 2. The molecule has 0 saturated carbocycles. The van der Waals surface area contributed by atoms with Crippen molar-refractivity contribution in [1.82, 2.24) is 4.90 Å². The maximum absolute atomic E-state index is 13.0. The molecule has 142 valence electrons. The van der Waals surface area contributed by atoms with Crippen molar-refractivity contribution in [3.63, 3.8) is 0 Å². The van der Waals surface area contributed by atoms with E-state index in [4.69, 9.17) is 9.15 Å². The SMILES string of the molecule is COC(=O)C1CCCCN1C(=O)c1ccc(C)c(NC(=O)c2ccco2)c1. The van der Waals surface area contributed by atoms with E-state index >= 15 is 0 Å². The Kier molecular flexibility index (Phi) is 5.59. The number of aryl methyl sites for hydroxylation is 1. The van der Waals surface area contributed by atoms with Gasteiger partial charge in [-0.15, -0.1) is 0 Å². The zero-order valence-corrected chi connectivity index (χ0v) is 15.4. The quantitative estimate of drug-likeness (QED) is 0.836. The van der Waals surface area contributed by atoms with Gasteiger partial charge in [0.1, 0.15) is 6.04 Å². The smallest absolute Gasteiger partial charge is 0.328 e. The molecule has 1 atom stereocenters. The largest absolute Gasteiger partial charge is 0.467 e. The van der Waals surface area contributed by atoms with Crippen LogP contribution in [0, 0.1) is 6.92 Å². The number of carbonyl (C=O) groups is 3. The van der Waals surface area contributed by atoms with Crippen LogP contribution in [0.5, 0.6) is 0 Å². The number of esters is 1. The number of furan rings is 1. The van der Waals surface area contributed by atoms with Crippen LogP contribution in [0.3, 0.4) is 0 Å². The molecule has 1 saturated heterocycles. The van der Waals surface area contributed by atoms with Crippen LogP contribution in [0.4, 0.5) is 5.69 Å². The molecule has 2 heterocycles. The lowest BCUT2D eigenvalue weighted by molar-refractivity contribution is -0.147. The van der Waals surface area contributed by atoms with Gasteiger partial charge < -0.3 is 19.4 Å². The van der Waals surface area contributed by atoms with Crippen molar-refractivity contribution in [2.24, 2.45) is 0 Å². The molecule has 0 radical (unpaired) electrons. The third-order valence-corrected chi connectivity index (χ3v) is 4.71. The summed E-state index contributed by atoms with van der Waals surface area (Å²) >= 11 is 0. The molecule has 3 rings (SSSR count). The second-order valence-corrected chi connectivity index (χ2v) is 6.49. The Bertz CT molecular complexity index is 844. The number of rotatable bonds is 4. The lowest BCUT2D eigenvalue weighted by Gasteiger charge is -2.33. The fourth-order valence-electron chi connectivity index (χ4n) is 3.20. The van der Waals surface area contributed by atoms with Gasteiger partial charge in [-0.25, -0.2) is 4.79 Å². The number of hydrogen-bond donors (Lipinski definition) is 1. The molecule has 0 spiro atoms. The molecule has 7 nitrogen and oxygen atoms in total. The molecule has 1 N–H and O–H groups in total. The Hall–Kier alpha value is -3.09. The Labute approximate surface area is 157 Å². The molecule has 2 amide bonds. The Morgan fingerprint density at radius 1 is 1.22 bits per heavy atom. The Morgan fingerprint density at radius 2 is 2.04 bits per heavy atom. The van der Waals surface area contributed by atoms with Gasteiger partial charge in [-0.2, -0.15) is 0 Å². The highest BCUT2D eigenvalue weighted by Crippen LogP contribution is 2.24. The van der Waals surface area contributed by atoms with Gasteiger partial charge in [0, 0.05) is 17.8 Å². The minimum Gasteiger partial charge on any atom is -0.467 e. The highest BCUT2D eigenvalue weighted by atomic mass is 16.5. The van der Waals surface area contributed by atoms with Crippen molar-refractivity contribution in [3.05, 3.63) is 53.5 Å². The number of anilines is 1. The maximum atomic E-state index is 13.0. The molecule has 1 aromatic carbocycles. The third-order valence-electron chi connectivity index (χ3n) is 4.71. The molecule has 27 heavy (non-hydrogen) atoms. The van der Waals surface area contributed by atoms with Gasteiger partial charge >= 0.3 is 5.97 Å². The average molecular weight is 370 g/mol. The van der Waals surface area contributed by atoms with Crippen molar-refractivity contribution in [1.29, 1.82) is 0 Å². The van der Waals surface area contributed by atoms with E-state index in [9.17, 15) is 14.4 Å². The predicted octanol–water partition coefficient (Wildman–Crippen LogP) is 3.01. The number of ether oxygens (including phenoxy) is 1. The van der Waals surface area contributed by atoms with Crippen LogP contribution in [0.15, 0.2) is 41.0 Å². The number of nitrogens with one attached hydrogen (secondary N) is 1. The second-order valence-electron chi connectivity index (χ2n) is 6.49. The van der Waals surface area contributed by atoms with Crippen LogP contribution >= 0.6 is 0 Å². The second kappa shape index (κ2) is 8.07. The minimum absolute atomic E-state index is 0.188. The molecule has 0 bridgehead atoms. The van der Waals surface area contributed by atoms with Crippen LogP contribution in [0.1, 0.15) is 45.7 Å². The number of carbonyl (C=O) groups excluding carboxylic acids is 3. The number of methoxy groups -OCH3 is 1. The van der Waals surface area contributed by atoms with Gasteiger partial charge in [0.15, 0.2) is 5.76 Å². The van der Waals surface area contributed by atoms with Gasteiger partial charge in [0.25, 0.3) is 11.8 Å². The molecule has 1 aliphatic heterocycles. The summed E-state index contributed by atoms with van der Waals surface area (Å²) in [6.45, 7) is 2.34. The first-order chi connectivity index (χ1) is 13.0. The normalized spacial score (nSPS) is 16.7. The standard InChI is InChI=1S/C20H22N2O5/c1-13-8-9-14(12-15(13)21-18(23)17-7-5-11-27-17)19(24)22-10-4-3-6-16(22)20(25)26-2/h5,7-9,11-12,16H,3-4,6,10H2,1-2H3,(H,21,23). The minimum atomic E-state index is -0.571. The molecular weight excluding hydrogens is 348 g/mol. The van der Waals surface area contributed by atoms with Crippen molar-refractivity contribution in [2.75, 3.05) is 19.0 Å². The average Bonchev–Trinajstić information content (AvgIpc) is 3.23. The summed E-state index contributed by atoms with van der Waals surface area (Å²) in [5, 5.41) is 2.76.